The van der Waals surface area contributed by atoms with Gasteiger partial charge < -0.3 is 5.32 Å². The highest BCUT2D eigenvalue weighted by Crippen LogP contribution is 2.43. The van der Waals surface area contributed by atoms with Crippen LogP contribution in [0.15, 0.2) is 103 Å². The molecule has 0 fully saturated rings. The normalized spacial score (nSPS) is 11.2. The summed E-state index contributed by atoms with van der Waals surface area (Å²) in [5, 5.41) is 5.30. The average Bonchev–Trinajstić information content (AvgIpc) is 3.26. The van der Waals surface area contributed by atoms with E-state index in [9.17, 15) is 0 Å². The monoisotopic (exact) mass is 463 g/mol. The highest BCUT2D eigenvalue weighted by molar-refractivity contribution is 7.26. The Labute approximate surface area is 200 Å². The van der Waals surface area contributed by atoms with Crippen LogP contribution in [0.3, 0.4) is 0 Å². The van der Waals surface area contributed by atoms with Gasteiger partial charge in [0.2, 0.25) is 0 Å². The van der Waals surface area contributed by atoms with Crippen molar-refractivity contribution in [2.24, 2.45) is 0 Å². The van der Waals surface area contributed by atoms with Gasteiger partial charge in [0.1, 0.15) is 0 Å². The summed E-state index contributed by atoms with van der Waals surface area (Å²) in [4.78, 5) is 10.1. The van der Waals surface area contributed by atoms with Gasteiger partial charge in [0.15, 0.2) is 5.82 Å². The Morgan fingerprint density at radius 1 is 0.606 bits per heavy atom. The smallest absolute Gasteiger partial charge is 0.160 e. The van der Waals surface area contributed by atoms with Crippen LogP contribution in [-0.2, 0) is 0 Å². The van der Waals surface area contributed by atoms with E-state index in [1.165, 1.54) is 0 Å². The van der Waals surface area contributed by atoms with Gasteiger partial charge in [-0.1, -0.05) is 96.5 Å². The zero-order chi connectivity index (χ0) is 22.2. The first kappa shape index (κ1) is 19.9. The first-order chi connectivity index (χ1) is 16.3. The van der Waals surface area contributed by atoms with Crippen molar-refractivity contribution in [2.75, 3.05) is 5.32 Å². The maximum atomic E-state index is 6.42. The Balaban J connectivity index is 1.62. The summed E-state index contributed by atoms with van der Waals surface area (Å²) in [5.41, 5.74) is 5.87. The van der Waals surface area contributed by atoms with Crippen LogP contribution in [0.5, 0.6) is 0 Å². The lowest BCUT2D eigenvalue weighted by atomic mass is 10.1. The van der Waals surface area contributed by atoms with E-state index >= 15 is 0 Å². The highest BCUT2D eigenvalue weighted by atomic mass is 35.5. The second kappa shape index (κ2) is 8.32. The Bertz CT molecular complexity index is 1590. The second-order valence-electron chi connectivity index (χ2n) is 7.69. The van der Waals surface area contributed by atoms with Crippen molar-refractivity contribution in [1.29, 1.82) is 0 Å². The minimum Gasteiger partial charge on any atom is -0.353 e. The fourth-order valence-corrected chi connectivity index (χ4v) is 5.38. The molecular formula is C28H18ClN3S. The van der Waals surface area contributed by atoms with Crippen LogP contribution in [0.2, 0.25) is 5.02 Å². The molecule has 6 rings (SSSR count). The molecule has 0 spiro atoms. The van der Waals surface area contributed by atoms with Crippen molar-refractivity contribution in [3.63, 3.8) is 0 Å². The molecule has 33 heavy (non-hydrogen) atoms. The van der Waals surface area contributed by atoms with Gasteiger partial charge in [0.25, 0.3) is 0 Å². The molecule has 0 aliphatic rings. The van der Waals surface area contributed by atoms with E-state index in [4.69, 9.17) is 21.6 Å². The average molecular weight is 464 g/mol. The second-order valence-corrected chi connectivity index (χ2v) is 9.12. The molecule has 0 bridgehead atoms. The molecule has 0 saturated carbocycles. The van der Waals surface area contributed by atoms with Gasteiger partial charge in [-0.2, -0.15) is 0 Å². The van der Waals surface area contributed by atoms with E-state index in [0.29, 0.717) is 5.02 Å². The van der Waals surface area contributed by atoms with E-state index in [1.807, 2.05) is 60.7 Å². The zero-order valence-electron chi connectivity index (χ0n) is 17.5. The van der Waals surface area contributed by atoms with Crippen LogP contribution >= 0.6 is 22.9 Å². The maximum Gasteiger partial charge on any atom is 0.160 e. The Hall–Kier alpha value is -3.73. The predicted octanol–water partition coefficient (Wildman–Crippen LogP) is 8.58. The number of thiophene rings is 1. The summed E-state index contributed by atoms with van der Waals surface area (Å²) in [6.45, 7) is 0. The van der Waals surface area contributed by atoms with E-state index in [2.05, 4.69) is 47.8 Å². The molecule has 1 N–H and O–H groups in total. The largest absolute Gasteiger partial charge is 0.353 e. The number of nitrogens with zero attached hydrogens (tertiary/aromatic N) is 2. The highest BCUT2D eigenvalue weighted by Gasteiger charge is 2.18. The van der Waals surface area contributed by atoms with Crippen LogP contribution < -0.4 is 5.32 Å². The van der Waals surface area contributed by atoms with Gasteiger partial charge in [-0.25, -0.2) is 9.97 Å². The Kier molecular flexibility index (Phi) is 5.02. The van der Waals surface area contributed by atoms with E-state index in [0.717, 1.165) is 54.3 Å². The van der Waals surface area contributed by atoms with E-state index in [1.54, 1.807) is 11.3 Å². The number of fused-ring (bicyclic) bond motifs is 3. The molecular weight excluding hydrogens is 446 g/mol. The lowest BCUT2D eigenvalue weighted by Gasteiger charge is -2.09. The minimum absolute atomic E-state index is 0.687. The number of para-hydroxylation sites is 1. The molecule has 0 saturated heterocycles. The van der Waals surface area contributed by atoms with E-state index in [-0.39, 0.29) is 0 Å². The molecule has 0 aliphatic heterocycles. The molecule has 3 nitrogen and oxygen atoms in total. The van der Waals surface area contributed by atoms with Crippen LogP contribution in [0, 0.1) is 0 Å². The maximum absolute atomic E-state index is 6.42. The number of nitrogens with one attached hydrogen (secondary N) is 1. The molecule has 6 aromatic rings. The lowest BCUT2D eigenvalue weighted by Crippen LogP contribution is -1.93. The number of hydrogen-bond donors (Lipinski definition) is 1. The van der Waals surface area contributed by atoms with Crippen molar-refractivity contribution in [1.82, 2.24) is 9.97 Å². The van der Waals surface area contributed by atoms with Gasteiger partial charge in [-0.05, 0) is 18.2 Å². The quantitative estimate of drug-likeness (QED) is 0.284. The molecule has 0 aliphatic carbocycles. The van der Waals surface area contributed by atoms with Gasteiger partial charge >= 0.3 is 0 Å². The summed E-state index contributed by atoms with van der Waals surface area (Å²) in [5.74, 6) is 0.728. The summed E-state index contributed by atoms with van der Waals surface area (Å²) >= 11 is 8.12. The number of aromatic nitrogens is 2. The third-order valence-electron chi connectivity index (χ3n) is 5.56. The fourth-order valence-electron chi connectivity index (χ4n) is 3.98. The fraction of sp³-hybridized carbons (Fsp3) is 0. The molecule has 158 valence electrons. The van der Waals surface area contributed by atoms with Crippen LogP contribution in [0.4, 0.5) is 11.4 Å². The molecule has 4 aromatic carbocycles. The van der Waals surface area contributed by atoms with E-state index < -0.39 is 0 Å². The number of anilines is 2. The summed E-state index contributed by atoms with van der Waals surface area (Å²) in [6, 6.07) is 34.5. The summed E-state index contributed by atoms with van der Waals surface area (Å²) in [6.07, 6.45) is 0. The first-order valence-electron chi connectivity index (χ1n) is 10.6. The third kappa shape index (κ3) is 3.63. The van der Waals surface area contributed by atoms with Crippen LogP contribution in [0.25, 0.3) is 42.9 Å². The molecule has 2 aromatic heterocycles. The Morgan fingerprint density at radius 3 is 2.03 bits per heavy atom. The number of halogens is 1. The molecule has 0 atom stereocenters. The summed E-state index contributed by atoms with van der Waals surface area (Å²) in [7, 11) is 0. The van der Waals surface area contributed by atoms with Crippen molar-refractivity contribution in [3.8, 4) is 22.6 Å². The SMILES string of the molecule is Clc1ccccc1Nc1cccc2c1sc1c(-c3ccccc3)nc(-c3ccccc3)nc12. The minimum atomic E-state index is 0.687. The van der Waals surface area contributed by atoms with Crippen molar-refractivity contribution < 1.29 is 0 Å². The first-order valence-corrected chi connectivity index (χ1v) is 11.8. The predicted molar refractivity (Wildman–Crippen MR) is 141 cm³/mol. The van der Waals surface area contributed by atoms with Gasteiger partial charge in [0, 0.05) is 16.5 Å². The van der Waals surface area contributed by atoms with Crippen LogP contribution in [-0.4, -0.2) is 9.97 Å². The molecule has 0 amide bonds. The summed E-state index contributed by atoms with van der Waals surface area (Å²) < 4.78 is 2.20. The Morgan fingerprint density at radius 2 is 1.27 bits per heavy atom. The van der Waals surface area contributed by atoms with Crippen molar-refractivity contribution >= 4 is 54.6 Å². The van der Waals surface area contributed by atoms with Crippen molar-refractivity contribution in [2.45, 2.75) is 0 Å². The molecule has 2 heterocycles. The topological polar surface area (TPSA) is 37.8 Å². The van der Waals surface area contributed by atoms with Gasteiger partial charge in [0.05, 0.1) is 37.0 Å². The zero-order valence-corrected chi connectivity index (χ0v) is 19.1. The molecule has 5 heteroatoms. The number of benzene rings is 4. The van der Waals surface area contributed by atoms with Gasteiger partial charge in [-0.15, -0.1) is 11.3 Å². The van der Waals surface area contributed by atoms with Crippen LogP contribution in [0.1, 0.15) is 0 Å². The lowest BCUT2D eigenvalue weighted by molar-refractivity contribution is 1.24. The number of hydrogen-bond acceptors (Lipinski definition) is 4. The molecule has 0 unspecified atom stereocenters. The third-order valence-corrected chi connectivity index (χ3v) is 7.13. The molecule has 0 radical (unpaired) electrons. The number of rotatable bonds is 4. The van der Waals surface area contributed by atoms with Crippen molar-refractivity contribution in [3.05, 3.63) is 108 Å². The van der Waals surface area contributed by atoms with Gasteiger partial charge in [-0.3, -0.25) is 0 Å². The standard InChI is InChI=1S/C28H18ClN3S/c29-21-15-7-8-16-22(21)30-23-17-9-14-20-25-27(33-26(20)23)24(18-10-3-1-4-11-18)31-28(32-25)19-12-5-2-6-13-19/h1-17,30H.